The summed E-state index contributed by atoms with van der Waals surface area (Å²) in [4.78, 5) is 0. The van der Waals surface area contributed by atoms with Gasteiger partial charge in [0.25, 0.3) is 0 Å². The molecule has 1 aromatic carbocycles. The molecule has 0 aromatic heterocycles. The van der Waals surface area contributed by atoms with Gasteiger partial charge in [0.2, 0.25) is 0 Å². The van der Waals surface area contributed by atoms with Gasteiger partial charge in [0.05, 0.1) is 0 Å². The number of aryl methyl sites for hydroxylation is 1. The third-order valence-corrected chi connectivity index (χ3v) is 3.28. The zero-order chi connectivity index (χ0) is 10.3. The Labute approximate surface area is 90.6 Å². The van der Waals surface area contributed by atoms with Crippen molar-refractivity contribution in [2.75, 3.05) is 0 Å². The second-order valence-corrected chi connectivity index (χ2v) is 4.36. The molecule has 3 rings (SSSR count). The Bertz CT molecular complexity index is 475. The smallest absolute Gasteiger partial charge is 0.0125 e. The lowest BCUT2D eigenvalue weighted by atomic mass is 9.77. The molecular weight excluding hydrogens is 180 g/mol. The topological polar surface area (TPSA) is 0 Å². The first-order valence-corrected chi connectivity index (χ1v) is 5.48. The Balaban J connectivity index is 2.16. The highest BCUT2D eigenvalue weighted by atomic mass is 14.3. The number of fused-ring (bicyclic) bond motifs is 3. The Hall–Kier alpha value is -1.56. The molecule has 0 amide bonds. The van der Waals surface area contributed by atoms with Crippen molar-refractivity contribution in [3.8, 4) is 0 Å². The van der Waals surface area contributed by atoms with Gasteiger partial charge >= 0.3 is 0 Å². The van der Waals surface area contributed by atoms with Crippen molar-refractivity contribution in [2.45, 2.75) is 12.8 Å². The van der Waals surface area contributed by atoms with Crippen LogP contribution in [-0.4, -0.2) is 0 Å². The molecule has 2 atom stereocenters. The van der Waals surface area contributed by atoms with E-state index in [9.17, 15) is 0 Å². The van der Waals surface area contributed by atoms with E-state index < -0.39 is 0 Å². The first kappa shape index (κ1) is 8.72. The molecule has 15 heavy (non-hydrogen) atoms. The number of benzene rings is 1. The molecule has 74 valence electrons. The van der Waals surface area contributed by atoms with E-state index in [-0.39, 0.29) is 0 Å². The molecular formula is C15H14. The average Bonchev–Trinajstić information content (AvgIpc) is 2.29. The van der Waals surface area contributed by atoms with Crippen molar-refractivity contribution >= 4 is 6.08 Å². The van der Waals surface area contributed by atoms with Crippen LogP contribution < -0.4 is 0 Å². The normalized spacial score (nSPS) is 26.2. The van der Waals surface area contributed by atoms with Gasteiger partial charge in [-0.05, 0) is 18.1 Å². The number of allylic oxidation sites excluding steroid dienone is 5. The first-order valence-electron chi connectivity index (χ1n) is 5.48. The summed E-state index contributed by atoms with van der Waals surface area (Å²) in [6, 6.07) is 6.73. The minimum absolute atomic E-state index is 0.551. The second kappa shape index (κ2) is 3.23. The van der Waals surface area contributed by atoms with E-state index >= 15 is 0 Å². The average molecular weight is 194 g/mol. The fourth-order valence-corrected chi connectivity index (χ4v) is 2.47. The zero-order valence-corrected chi connectivity index (χ0v) is 8.85. The molecule has 0 heteroatoms. The van der Waals surface area contributed by atoms with Crippen LogP contribution in [0.1, 0.15) is 22.6 Å². The van der Waals surface area contributed by atoms with Gasteiger partial charge < -0.3 is 0 Å². The van der Waals surface area contributed by atoms with E-state index in [1.54, 1.807) is 0 Å². The van der Waals surface area contributed by atoms with Crippen LogP contribution >= 0.6 is 0 Å². The lowest BCUT2D eigenvalue weighted by Crippen LogP contribution is -2.13. The maximum atomic E-state index is 2.32. The number of hydrogen-bond donors (Lipinski definition) is 0. The van der Waals surface area contributed by atoms with E-state index in [4.69, 9.17) is 0 Å². The van der Waals surface area contributed by atoms with E-state index in [1.165, 1.54) is 16.7 Å². The number of rotatable bonds is 0. The third kappa shape index (κ3) is 1.37. The number of hydrogen-bond acceptors (Lipinski definition) is 0. The molecule has 0 spiro atoms. The highest BCUT2D eigenvalue weighted by Crippen LogP contribution is 2.37. The van der Waals surface area contributed by atoms with Crippen LogP contribution in [0, 0.1) is 12.8 Å². The molecule has 2 aliphatic rings. The fraction of sp³-hybridized carbons (Fsp3) is 0.200. The molecule has 0 saturated carbocycles. The van der Waals surface area contributed by atoms with Crippen molar-refractivity contribution in [2.24, 2.45) is 5.92 Å². The molecule has 0 fully saturated rings. The summed E-state index contributed by atoms with van der Waals surface area (Å²) in [6.45, 7) is 2.16. The highest BCUT2D eigenvalue weighted by molar-refractivity contribution is 5.61. The molecule has 0 N–H and O–H groups in total. The molecule has 2 aliphatic carbocycles. The lowest BCUT2D eigenvalue weighted by molar-refractivity contribution is 0.691. The van der Waals surface area contributed by atoms with Gasteiger partial charge in [-0.15, -0.1) is 0 Å². The van der Waals surface area contributed by atoms with Crippen LogP contribution in [0.15, 0.2) is 48.6 Å². The third-order valence-electron chi connectivity index (χ3n) is 3.28. The largest absolute Gasteiger partial charge is 0.0767 e. The van der Waals surface area contributed by atoms with E-state index in [0.29, 0.717) is 11.8 Å². The van der Waals surface area contributed by atoms with Crippen molar-refractivity contribution in [1.82, 2.24) is 0 Å². The van der Waals surface area contributed by atoms with Gasteiger partial charge in [-0.2, -0.15) is 0 Å². The molecule has 0 nitrogen and oxygen atoms in total. The van der Waals surface area contributed by atoms with Gasteiger partial charge in [0, 0.05) is 11.8 Å². The summed E-state index contributed by atoms with van der Waals surface area (Å²) in [5.41, 5.74) is 4.20. The summed E-state index contributed by atoms with van der Waals surface area (Å²) in [6.07, 6.45) is 13.5. The summed E-state index contributed by atoms with van der Waals surface area (Å²) >= 11 is 0. The minimum atomic E-state index is 0.551. The molecule has 2 unspecified atom stereocenters. The SMILES string of the molecule is Cc1ccc2c(c1)C1C=CC=CC1C=C2. The first-order chi connectivity index (χ1) is 7.34. The Morgan fingerprint density at radius 3 is 2.80 bits per heavy atom. The second-order valence-electron chi connectivity index (χ2n) is 4.36. The molecule has 1 aromatic rings. The van der Waals surface area contributed by atoms with Crippen LogP contribution in [-0.2, 0) is 0 Å². The Morgan fingerprint density at radius 1 is 1.00 bits per heavy atom. The molecule has 0 heterocycles. The highest BCUT2D eigenvalue weighted by Gasteiger charge is 2.23. The summed E-state index contributed by atoms with van der Waals surface area (Å²) in [5, 5.41) is 0. The van der Waals surface area contributed by atoms with Crippen LogP contribution in [0.2, 0.25) is 0 Å². The van der Waals surface area contributed by atoms with Crippen LogP contribution in [0.5, 0.6) is 0 Å². The summed E-state index contributed by atoms with van der Waals surface area (Å²) in [5.74, 6) is 1.11. The predicted octanol–water partition coefficient (Wildman–Crippen LogP) is 3.85. The van der Waals surface area contributed by atoms with Crippen molar-refractivity contribution in [1.29, 1.82) is 0 Å². The van der Waals surface area contributed by atoms with E-state index in [2.05, 4.69) is 61.6 Å². The maximum Gasteiger partial charge on any atom is 0.0125 e. The Kier molecular flexibility index (Phi) is 1.88. The van der Waals surface area contributed by atoms with Crippen LogP contribution in [0.3, 0.4) is 0 Å². The quantitative estimate of drug-likeness (QED) is 0.588. The van der Waals surface area contributed by atoms with Crippen molar-refractivity contribution < 1.29 is 0 Å². The minimum Gasteiger partial charge on any atom is -0.0767 e. The van der Waals surface area contributed by atoms with E-state index in [1.807, 2.05) is 0 Å². The predicted molar refractivity (Wildman–Crippen MR) is 64.7 cm³/mol. The fourth-order valence-electron chi connectivity index (χ4n) is 2.47. The molecule has 0 saturated heterocycles. The van der Waals surface area contributed by atoms with Gasteiger partial charge in [-0.25, -0.2) is 0 Å². The van der Waals surface area contributed by atoms with Crippen molar-refractivity contribution in [3.05, 3.63) is 65.3 Å². The van der Waals surface area contributed by atoms with Gasteiger partial charge in [0.1, 0.15) is 0 Å². The monoisotopic (exact) mass is 194 g/mol. The molecule has 0 radical (unpaired) electrons. The maximum absolute atomic E-state index is 2.32. The Morgan fingerprint density at radius 2 is 1.87 bits per heavy atom. The zero-order valence-electron chi connectivity index (χ0n) is 8.85. The van der Waals surface area contributed by atoms with E-state index in [0.717, 1.165) is 0 Å². The van der Waals surface area contributed by atoms with Gasteiger partial charge in [-0.3, -0.25) is 0 Å². The molecule has 0 bridgehead atoms. The van der Waals surface area contributed by atoms with Crippen molar-refractivity contribution in [3.63, 3.8) is 0 Å². The van der Waals surface area contributed by atoms with Crippen LogP contribution in [0.25, 0.3) is 6.08 Å². The summed E-state index contributed by atoms with van der Waals surface area (Å²) in [7, 11) is 0. The van der Waals surface area contributed by atoms with Gasteiger partial charge in [0.15, 0.2) is 0 Å². The molecule has 0 aliphatic heterocycles. The van der Waals surface area contributed by atoms with Gasteiger partial charge in [-0.1, -0.05) is 60.2 Å². The summed E-state index contributed by atoms with van der Waals surface area (Å²) < 4.78 is 0. The lowest BCUT2D eigenvalue weighted by Gasteiger charge is -2.27. The van der Waals surface area contributed by atoms with Crippen LogP contribution in [0.4, 0.5) is 0 Å². The standard InChI is InChI=1S/C15H14/c1-11-6-7-13-9-8-12-4-2-3-5-14(12)15(13)10-11/h2-10,12,14H,1H3.